The predicted molar refractivity (Wildman–Crippen MR) is 98.4 cm³/mol. The second kappa shape index (κ2) is 6.45. The largest absolute Gasteiger partial charge is 0.444 e. The Kier molecular flexibility index (Phi) is 4.71. The van der Waals surface area contributed by atoms with Crippen molar-refractivity contribution in [1.29, 1.82) is 0 Å². The SMILES string of the molecule is CC(C)(C)OC(=O)N1C[C@H]2CC(Nc3ccc(I)cn3)C[C@H]2C1. The van der Waals surface area contributed by atoms with Crippen LogP contribution < -0.4 is 5.32 Å². The number of pyridine rings is 1. The smallest absolute Gasteiger partial charge is 0.410 e. The molecule has 1 N–H and O–H groups in total. The van der Waals surface area contributed by atoms with E-state index in [0.29, 0.717) is 17.9 Å². The summed E-state index contributed by atoms with van der Waals surface area (Å²) < 4.78 is 6.62. The Balaban J connectivity index is 1.51. The Morgan fingerprint density at radius 3 is 2.48 bits per heavy atom. The normalized spacial score (nSPS) is 27.0. The monoisotopic (exact) mass is 429 g/mol. The van der Waals surface area contributed by atoms with Crippen LogP contribution in [0.25, 0.3) is 0 Å². The molecule has 0 radical (unpaired) electrons. The number of nitrogens with one attached hydrogen (secondary N) is 1. The summed E-state index contributed by atoms with van der Waals surface area (Å²) >= 11 is 2.26. The lowest BCUT2D eigenvalue weighted by molar-refractivity contribution is 0.0280. The Labute approximate surface area is 151 Å². The van der Waals surface area contributed by atoms with Crippen LogP contribution >= 0.6 is 22.6 Å². The number of hydrogen-bond acceptors (Lipinski definition) is 4. The van der Waals surface area contributed by atoms with E-state index in [1.165, 1.54) is 0 Å². The van der Waals surface area contributed by atoms with Gasteiger partial charge in [0.05, 0.1) is 0 Å². The standard InChI is InChI=1S/C17H24IN3O2/c1-17(2,3)23-16(22)21-9-11-6-14(7-12(11)10-21)20-15-5-4-13(18)8-19-15/h4-5,8,11-12,14H,6-7,9-10H2,1-3H3,(H,19,20)/t11-,12+,14?. The summed E-state index contributed by atoms with van der Waals surface area (Å²) in [5.41, 5.74) is -0.421. The van der Waals surface area contributed by atoms with E-state index in [0.717, 1.165) is 35.3 Å². The van der Waals surface area contributed by atoms with E-state index in [4.69, 9.17) is 4.74 Å². The average molecular weight is 429 g/mol. The molecule has 2 fully saturated rings. The number of likely N-dealkylation sites (tertiary alicyclic amines) is 1. The molecule has 126 valence electrons. The van der Waals surface area contributed by atoms with Crippen LogP contribution in [0.15, 0.2) is 18.3 Å². The van der Waals surface area contributed by atoms with Crippen molar-refractivity contribution >= 4 is 34.5 Å². The topological polar surface area (TPSA) is 54.5 Å². The minimum Gasteiger partial charge on any atom is -0.444 e. The van der Waals surface area contributed by atoms with Gasteiger partial charge < -0.3 is 15.0 Å². The molecule has 1 aromatic rings. The first-order chi connectivity index (χ1) is 10.8. The molecule has 3 rings (SSSR count). The molecule has 2 heterocycles. The summed E-state index contributed by atoms with van der Waals surface area (Å²) in [5.74, 6) is 2.09. The zero-order chi connectivity index (χ0) is 16.6. The van der Waals surface area contributed by atoms with Crippen LogP contribution in [0, 0.1) is 15.4 Å². The number of fused-ring (bicyclic) bond motifs is 1. The summed E-state index contributed by atoms with van der Waals surface area (Å²) in [6.07, 6.45) is 3.90. The van der Waals surface area contributed by atoms with Crippen LogP contribution in [0.5, 0.6) is 0 Å². The fraction of sp³-hybridized carbons (Fsp3) is 0.647. The van der Waals surface area contributed by atoms with E-state index in [1.54, 1.807) is 0 Å². The van der Waals surface area contributed by atoms with Crippen molar-refractivity contribution in [3.63, 3.8) is 0 Å². The highest BCUT2D eigenvalue weighted by Gasteiger charge is 2.43. The fourth-order valence-electron chi connectivity index (χ4n) is 3.56. The maximum absolute atomic E-state index is 12.2. The summed E-state index contributed by atoms with van der Waals surface area (Å²) in [6.45, 7) is 7.37. The van der Waals surface area contributed by atoms with Crippen LogP contribution in [0.1, 0.15) is 33.6 Å². The number of rotatable bonds is 2. The Bertz CT molecular complexity index is 556. The van der Waals surface area contributed by atoms with Gasteiger partial charge in [-0.2, -0.15) is 0 Å². The summed E-state index contributed by atoms with van der Waals surface area (Å²) in [4.78, 5) is 18.5. The first-order valence-corrected chi connectivity index (χ1v) is 9.24. The van der Waals surface area contributed by atoms with Gasteiger partial charge in [0.2, 0.25) is 0 Å². The quantitative estimate of drug-likeness (QED) is 0.728. The lowest BCUT2D eigenvalue weighted by Gasteiger charge is -2.25. The van der Waals surface area contributed by atoms with E-state index < -0.39 is 5.60 Å². The minimum atomic E-state index is -0.421. The Hall–Kier alpha value is -1.05. The lowest BCUT2D eigenvalue weighted by Crippen LogP contribution is -2.36. The number of halogens is 1. The molecular weight excluding hydrogens is 405 g/mol. The molecule has 1 saturated heterocycles. The van der Waals surface area contributed by atoms with Crippen LogP contribution in [0.3, 0.4) is 0 Å². The van der Waals surface area contributed by atoms with Crippen molar-refractivity contribution in [3.8, 4) is 0 Å². The third-order valence-corrected chi connectivity index (χ3v) is 5.12. The summed E-state index contributed by atoms with van der Waals surface area (Å²) in [7, 11) is 0. The second-order valence-corrected chi connectivity index (χ2v) is 8.83. The third-order valence-electron chi connectivity index (χ3n) is 4.48. The molecule has 1 unspecified atom stereocenters. The summed E-state index contributed by atoms with van der Waals surface area (Å²) in [5, 5.41) is 3.53. The molecule has 1 aromatic heterocycles. The van der Waals surface area contributed by atoms with Gasteiger partial charge in [0.1, 0.15) is 11.4 Å². The average Bonchev–Trinajstić information content (AvgIpc) is 2.97. The third kappa shape index (κ3) is 4.28. The Morgan fingerprint density at radius 1 is 1.30 bits per heavy atom. The molecule has 0 bridgehead atoms. The molecule has 23 heavy (non-hydrogen) atoms. The lowest BCUT2D eigenvalue weighted by atomic mass is 10.0. The van der Waals surface area contributed by atoms with Gasteiger partial charge >= 0.3 is 6.09 Å². The molecule has 1 amide bonds. The van der Waals surface area contributed by atoms with Crippen LogP contribution in [-0.2, 0) is 4.74 Å². The summed E-state index contributed by atoms with van der Waals surface area (Å²) in [6, 6.07) is 4.55. The van der Waals surface area contributed by atoms with Crippen molar-refractivity contribution in [3.05, 3.63) is 21.9 Å². The number of ether oxygens (including phenoxy) is 1. The number of amides is 1. The molecular formula is C17H24IN3O2. The molecule has 2 aliphatic rings. The molecule has 6 heteroatoms. The maximum atomic E-state index is 12.2. The highest BCUT2D eigenvalue weighted by atomic mass is 127. The van der Waals surface area contributed by atoms with Gasteiger partial charge in [-0.3, -0.25) is 0 Å². The first-order valence-electron chi connectivity index (χ1n) is 8.16. The molecule has 5 nitrogen and oxygen atoms in total. The molecule has 0 aromatic carbocycles. The maximum Gasteiger partial charge on any atom is 0.410 e. The van der Waals surface area contributed by atoms with Crippen molar-refractivity contribution in [2.24, 2.45) is 11.8 Å². The van der Waals surface area contributed by atoms with Crippen molar-refractivity contribution in [1.82, 2.24) is 9.88 Å². The number of carbonyl (C=O) groups excluding carboxylic acids is 1. The van der Waals surface area contributed by atoms with E-state index in [2.05, 4.69) is 39.0 Å². The number of aromatic nitrogens is 1. The van der Waals surface area contributed by atoms with Crippen molar-refractivity contribution in [2.75, 3.05) is 18.4 Å². The molecule has 1 aliphatic heterocycles. The molecule has 0 spiro atoms. The molecule has 1 aliphatic carbocycles. The van der Waals surface area contributed by atoms with Crippen LogP contribution in [0.4, 0.5) is 10.6 Å². The number of hydrogen-bond donors (Lipinski definition) is 1. The highest BCUT2D eigenvalue weighted by molar-refractivity contribution is 14.1. The van der Waals surface area contributed by atoms with Crippen molar-refractivity contribution in [2.45, 2.75) is 45.3 Å². The van der Waals surface area contributed by atoms with Gasteiger partial charge in [0, 0.05) is 28.9 Å². The van der Waals surface area contributed by atoms with Crippen LogP contribution in [0.2, 0.25) is 0 Å². The van der Waals surface area contributed by atoms with Crippen molar-refractivity contribution < 1.29 is 9.53 Å². The zero-order valence-electron chi connectivity index (χ0n) is 13.9. The van der Waals surface area contributed by atoms with E-state index in [-0.39, 0.29) is 6.09 Å². The second-order valence-electron chi connectivity index (χ2n) is 7.58. The van der Waals surface area contributed by atoms with Gasteiger partial charge in [-0.15, -0.1) is 0 Å². The Morgan fingerprint density at radius 2 is 1.96 bits per heavy atom. The first kappa shape index (κ1) is 16.8. The van der Waals surface area contributed by atoms with E-state index >= 15 is 0 Å². The fourth-order valence-corrected chi connectivity index (χ4v) is 3.88. The number of carbonyl (C=O) groups is 1. The highest BCUT2D eigenvalue weighted by Crippen LogP contribution is 2.39. The van der Waals surface area contributed by atoms with Gasteiger partial charge in [-0.05, 0) is 80.2 Å². The number of anilines is 1. The number of nitrogens with zero attached hydrogens (tertiary/aromatic N) is 2. The zero-order valence-corrected chi connectivity index (χ0v) is 16.0. The van der Waals surface area contributed by atoms with Gasteiger partial charge in [0.25, 0.3) is 0 Å². The van der Waals surface area contributed by atoms with Gasteiger partial charge in [0.15, 0.2) is 0 Å². The molecule has 1 saturated carbocycles. The van der Waals surface area contributed by atoms with Crippen LogP contribution in [-0.4, -0.2) is 40.7 Å². The van der Waals surface area contributed by atoms with E-state index in [9.17, 15) is 4.79 Å². The minimum absolute atomic E-state index is 0.171. The van der Waals surface area contributed by atoms with Gasteiger partial charge in [-0.1, -0.05) is 0 Å². The van der Waals surface area contributed by atoms with Gasteiger partial charge in [-0.25, -0.2) is 9.78 Å². The predicted octanol–water partition coefficient (Wildman–Crippen LogP) is 3.74. The van der Waals surface area contributed by atoms with E-state index in [1.807, 2.05) is 37.9 Å². The molecule has 3 atom stereocenters.